The van der Waals surface area contributed by atoms with Crippen molar-refractivity contribution in [2.45, 2.75) is 253 Å². The second kappa shape index (κ2) is 28.6. The third kappa shape index (κ3) is 11.3. The second-order valence-electron chi connectivity index (χ2n) is 35.1. The van der Waals surface area contributed by atoms with Crippen LogP contribution in [-0.4, -0.2) is 105 Å². The summed E-state index contributed by atoms with van der Waals surface area (Å²) in [5.41, 5.74) is 6.97. The van der Waals surface area contributed by atoms with Gasteiger partial charge in [-0.25, -0.2) is 19.3 Å². The molecule has 0 unspecified atom stereocenters. The van der Waals surface area contributed by atoms with Crippen LogP contribution < -0.4 is 19.3 Å². The molecule has 0 bridgehead atoms. The summed E-state index contributed by atoms with van der Waals surface area (Å²) in [4.78, 5) is 62.1. The van der Waals surface area contributed by atoms with Crippen LogP contribution in [0.2, 0.25) is 0 Å². The number of sulfonamides is 4. The van der Waals surface area contributed by atoms with Crippen molar-refractivity contribution in [3.63, 3.8) is 0 Å². The van der Waals surface area contributed by atoms with Crippen LogP contribution in [-0.2, 0) is 78.2 Å². The van der Waals surface area contributed by atoms with Crippen LogP contribution in [0.15, 0.2) is 184 Å². The lowest BCUT2D eigenvalue weighted by atomic mass is 9.77. The fraction of sp³-hybridized carbons (Fsp3) is 0.545. The van der Waals surface area contributed by atoms with E-state index in [1.807, 2.05) is 27.7 Å². The molecule has 16 aliphatic rings. The molecule has 4 heterocycles. The number of nitrogens with zero attached hydrogens (tertiary/aromatic N) is 4. The molecule has 0 spiro atoms. The number of benzene rings is 4. The maximum atomic E-state index is 13.0. The molecule has 116 heavy (non-hydrogen) atoms. The van der Waals surface area contributed by atoms with Gasteiger partial charge in [0.15, 0.2) is 0 Å². The van der Waals surface area contributed by atoms with Gasteiger partial charge >= 0.3 is 23.9 Å². The van der Waals surface area contributed by atoms with E-state index in [9.17, 15) is 52.8 Å². The maximum absolute atomic E-state index is 13.0. The topological polar surface area (TPSA) is 339 Å². The molecular formula is C88H104N8O16S4. The van der Waals surface area contributed by atoms with Gasteiger partial charge in [-0.15, -0.1) is 0 Å². The Balaban J connectivity index is 0.000000111. The molecule has 12 aliphatic carbocycles. The lowest BCUT2D eigenvalue weighted by molar-refractivity contribution is -0.147. The Kier molecular flexibility index (Phi) is 19.7. The number of aryl methyl sites for hydroxylation is 4. The molecule has 28 heteroatoms. The highest BCUT2D eigenvalue weighted by Gasteiger charge is 2.95. The van der Waals surface area contributed by atoms with Gasteiger partial charge in [0.1, 0.15) is 46.1 Å². The summed E-state index contributed by atoms with van der Waals surface area (Å²) < 4.78 is 124. The van der Waals surface area contributed by atoms with Crippen molar-refractivity contribution in [2.75, 3.05) is 0 Å². The molecule has 4 N–H and O–H groups in total. The molecule has 4 aliphatic heterocycles. The first-order chi connectivity index (χ1) is 55.4. The van der Waals surface area contributed by atoms with Crippen LogP contribution >= 0.6 is 0 Å². The first-order valence-corrected chi connectivity index (χ1v) is 47.5. The summed E-state index contributed by atoms with van der Waals surface area (Å²) in [5.74, 6) is -0.202. The zero-order chi connectivity index (χ0) is 81.8. The number of fused-ring (bicyclic) bond motifs is 4. The van der Waals surface area contributed by atoms with Gasteiger partial charge in [0.25, 0.3) is 40.1 Å². The molecular weight excluding hydrogens is 1550 g/mol. The zero-order valence-corrected chi connectivity index (χ0v) is 70.4. The van der Waals surface area contributed by atoms with E-state index >= 15 is 0 Å². The van der Waals surface area contributed by atoms with Gasteiger partial charge in [-0.05, 0) is 282 Å². The second-order valence-corrected chi connectivity index (χ2v) is 41.8. The normalized spacial score (nSPS) is 35.7. The van der Waals surface area contributed by atoms with E-state index in [-0.39, 0.29) is 113 Å². The molecule has 8 saturated carbocycles. The van der Waals surface area contributed by atoms with E-state index in [0.717, 1.165) is 151 Å². The minimum atomic E-state index is -3.79. The Morgan fingerprint density at radius 2 is 0.491 bits per heavy atom. The monoisotopic (exact) mass is 1660 g/mol. The highest BCUT2D eigenvalue weighted by Crippen LogP contribution is 2.88. The van der Waals surface area contributed by atoms with Crippen molar-refractivity contribution in [2.24, 2.45) is 87.4 Å². The molecule has 4 aromatic rings. The predicted molar refractivity (Wildman–Crippen MR) is 435 cm³/mol. The Morgan fingerprint density at radius 1 is 0.302 bits per heavy atom. The lowest BCUT2D eigenvalue weighted by Gasteiger charge is -2.25. The summed E-state index contributed by atoms with van der Waals surface area (Å²) in [7, 11) is -15.2. The van der Waals surface area contributed by atoms with Crippen molar-refractivity contribution < 1.29 is 71.8 Å². The average molecular weight is 1660 g/mol. The lowest BCUT2D eigenvalue weighted by Crippen LogP contribution is -2.31. The largest absolute Gasteiger partial charge is 0.461 e. The van der Waals surface area contributed by atoms with Crippen molar-refractivity contribution in [1.82, 2.24) is 19.3 Å². The van der Waals surface area contributed by atoms with Crippen LogP contribution in [0.5, 0.6) is 0 Å². The fourth-order valence-corrected chi connectivity index (χ4v) is 28.7. The number of rotatable bonds is 20. The smallest absolute Gasteiger partial charge is 0.319 e. The molecule has 0 amide bonds. The SMILES string of the molecule is C/C(=N\NS(=O)(=O)c1ccc(C)cc1)[C@@]12C(=O)O[C@H]3CC[C@@H]1[C@]32C1=CCCCC1.C/C(=N\NS(=O)(=O)c1ccc(C)cc1)[C@@]12C(=O)O[C@H]3CC[C@@H]1[C@]32C1=CCCCC1.C/C(=N\NS(=O)(=O)c1ccc(C)cc1)[C@]12C(=O)O[C@@H]3CC[C@H]1[C@@]32C1=CCCCC1.C/C(=N\NS(=O)(=O)c1ccc(C)cc1)[C@]12C(=O)O[C@@H]3CC[C@H]1[C@@]32C1=CCCCC1. The van der Waals surface area contributed by atoms with E-state index in [1.54, 1.807) is 125 Å². The van der Waals surface area contributed by atoms with E-state index < -0.39 is 61.8 Å². The average Bonchev–Trinajstić information content (AvgIpc) is 1.46. The molecule has 12 fully saturated rings. The first kappa shape index (κ1) is 79.8. The molecule has 0 radical (unpaired) electrons. The number of carbonyl (C=O) groups is 4. The fourth-order valence-electron chi connectivity index (χ4n) is 25.3. The van der Waals surface area contributed by atoms with E-state index in [0.29, 0.717) is 22.8 Å². The summed E-state index contributed by atoms with van der Waals surface area (Å²) in [6, 6.07) is 26.4. The minimum Gasteiger partial charge on any atom is -0.461 e. The summed E-state index contributed by atoms with van der Waals surface area (Å²) in [5, 5.41) is 17.0. The Bertz CT molecular complexity index is 4850. The van der Waals surface area contributed by atoms with E-state index in [4.69, 9.17) is 18.9 Å². The van der Waals surface area contributed by atoms with Crippen LogP contribution in [0.4, 0.5) is 0 Å². The van der Waals surface area contributed by atoms with E-state index in [1.165, 1.54) is 48.0 Å². The van der Waals surface area contributed by atoms with Crippen molar-refractivity contribution in [3.05, 3.63) is 166 Å². The van der Waals surface area contributed by atoms with Gasteiger partial charge in [0, 0.05) is 0 Å². The summed E-state index contributed by atoms with van der Waals surface area (Å²) >= 11 is 0. The van der Waals surface area contributed by atoms with Gasteiger partial charge in [0.2, 0.25) is 0 Å². The Hall–Kier alpha value is -8.60. The number of carbonyl (C=O) groups excluding carboxylic acids is 4. The van der Waals surface area contributed by atoms with Gasteiger partial charge in [-0.2, -0.15) is 54.1 Å². The number of hydrazone groups is 4. The molecule has 0 aromatic heterocycles. The third-order valence-electron chi connectivity index (χ3n) is 30.0. The zero-order valence-electron chi connectivity index (χ0n) is 67.1. The number of ether oxygens (including phenoxy) is 4. The summed E-state index contributed by atoms with van der Waals surface area (Å²) in [6.45, 7) is 14.7. The van der Waals surface area contributed by atoms with Crippen LogP contribution in [0.25, 0.3) is 0 Å². The molecule has 4 saturated heterocycles. The van der Waals surface area contributed by atoms with Gasteiger partial charge in [-0.1, -0.05) is 117 Å². The van der Waals surface area contributed by atoms with Crippen LogP contribution in [0.1, 0.15) is 204 Å². The number of esters is 4. The Labute approximate surface area is 680 Å². The predicted octanol–water partition coefficient (Wildman–Crippen LogP) is 13.9. The number of allylic oxidation sites excluding steroid dienone is 4. The van der Waals surface area contributed by atoms with Crippen molar-refractivity contribution >= 4 is 86.8 Å². The highest BCUT2D eigenvalue weighted by atomic mass is 32.2. The van der Waals surface area contributed by atoms with Crippen LogP contribution in [0.3, 0.4) is 0 Å². The maximum Gasteiger partial charge on any atom is 0.319 e. The highest BCUT2D eigenvalue weighted by molar-refractivity contribution is 7.90. The standard InChI is InChI=1S/4C22H26N2O4S/c4*1-14-8-10-17(11-9-14)29(26,27)24-23-15(2)21-18-12-13-19(28-20(21)25)22(18,21)16-6-4-3-5-7-16/h4*6,8-11,18-19,24H,3-5,7,12-13H2,1-2H3/b4*23-15+/t4*18-,19-,21-,22+/m1100/s1. The molecule has 4 aromatic carbocycles. The van der Waals surface area contributed by atoms with Gasteiger partial charge in [0.05, 0.1) is 64.1 Å². The first-order valence-electron chi connectivity index (χ1n) is 41.5. The molecule has 16 atom stereocenters. The van der Waals surface area contributed by atoms with Gasteiger partial charge in [-0.3, -0.25) is 19.2 Å². The van der Waals surface area contributed by atoms with Gasteiger partial charge < -0.3 is 18.9 Å². The Morgan fingerprint density at radius 3 is 0.664 bits per heavy atom. The third-order valence-corrected chi connectivity index (χ3v) is 34.9. The van der Waals surface area contributed by atoms with E-state index in [2.05, 4.69) is 64.0 Å². The minimum absolute atomic E-state index is 0.0943. The number of hydrogen-bond acceptors (Lipinski definition) is 20. The van der Waals surface area contributed by atoms with Crippen molar-refractivity contribution in [1.29, 1.82) is 0 Å². The molecule has 20 rings (SSSR count). The van der Waals surface area contributed by atoms with Crippen LogP contribution in [0, 0.1) is 94.7 Å². The summed E-state index contributed by atoms with van der Waals surface area (Å²) in [6.07, 6.45) is 33.4. The molecule has 616 valence electrons. The molecule has 24 nitrogen and oxygen atoms in total. The quantitative estimate of drug-likeness (QED) is 0.0210. The van der Waals surface area contributed by atoms with Crippen molar-refractivity contribution in [3.8, 4) is 0 Å². The number of nitrogens with one attached hydrogen (secondary N) is 4. The number of hydrogen-bond donors (Lipinski definition) is 4.